The van der Waals surface area contributed by atoms with Gasteiger partial charge in [-0.2, -0.15) is 0 Å². The summed E-state index contributed by atoms with van der Waals surface area (Å²) in [6.45, 7) is 12.4. The van der Waals surface area contributed by atoms with Crippen LogP contribution in [-0.2, 0) is 9.59 Å². The number of urea groups is 1. The van der Waals surface area contributed by atoms with Crippen molar-refractivity contribution in [2.45, 2.75) is 71.4 Å². The molecule has 28 heavy (non-hydrogen) atoms. The Morgan fingerprint density at radius 1 is 1.11 bits per heavy atom. The van der Waals surface area contributed by atoms with E-state index in [1.54, 1.807) is 0 Å². The quantitative estimate of drug-likeness (QED) is 0.727. The second-order valence-corrected chi connectivity index (χ2v) is 9.62. The number of nitrogens with zero attached hydrogens (tertiary/aromatic N) is 3. The number of likely N-dealkylation sites (tertiary alicyclic amines) is 2. The van der Waals surface area contributed by atoms with E-state index >= 15 is 0 Å². The molecule has 3 aliphatic rings. The number of rotatable bonds is 5. The van der Waals surface area contributed by atoms with Gasteiger partial charge in [-0.05, 0) is 37.5 Å². The van der Waals surface area contributed by atoms with Crippen LogP contribution in [0, 0.1) is 11.8 Å². The van der Waals surface area contributed by atoms with Crippen molar-refractivity contribution in [2.24, 2.45) is 11.8 Å². The number of hydrogen-bond acceptors (Lipinski definition) is 4. The maximum atomic E-state index is 13.3. The first-order chi connectivity index (χ1) is 13.2. The second kappa shape index (κ2) is 8.39. The fraction of sp³-hybridized carbons (Fsp3) is 0.857. The Morgan fingerprint density at radius 2 is 1.79 bits per heavy atom. The van der Waals surface area contributed by atoms with E-state index in [1.807, 2.05) is 18.7 Å². The molecular weight excluding hydrogens is 356 g/mol. The summed E-state index contributed by atoms with van der Waals surface area (Å²) in [6, 6.07) is -0.476. The highest BCUT2D eigenvalue weighted by atomic mass is 16.2. The van der Waals surface area contributed by atoms with Gasteiger partial charge in [0.05, 0.1) is 6.04 Å². The Balaban J connectivity index is 1.64. The minimum Gasteiger partial charge on any atom is -0.341 e. The zero-order valence-corrected chi connectivity index (χ0v) is 17.9. The Hall–Kier alpha value is -1.63. The molecular formula is C21H36N4O3. The maximum absolute atomic E-state index is 13.3. The van der Waals surface area contributed by atoms with Gasteiger partial charge in [0.2, 0.25) is 5.91 Å². The van der Waals surface area contributed by atoms with E-state index in [9.17, 15) is 14.4 Å². The molecule has 0 radical (unpaired) electrons. The number of nitrogens with one attached hydrogen (secondary N) is 1. The Kier molecular flexibility index (Phi) is 6.32. The van der Waals surface area contributed by atoms with Crippen molar-refractivity contribution in [2.75, 3.05) is 32.7 Å². The van der Waals surface area contributed by atoms with Crippen LogP contribution >= 0.6 is 0 Å². The van der Waals surface area contributed by atoms with Gasteiger partial charge in [-0.3, -0.25) is 14.5 Å². The third-order valence-corrected chi connectivity index (χ3v) is 6.22. The van der Waals surface area contributed by atoms with E-state index in [2.05, 4.69) is 24.1 Å². The lowest BCUT2D eigenvalue weighted by atomic mass is 9.86. The average Bonchev–Trinajstić information content (AvgIpc) is 2.86. The largest absolute Gasteiger partial charge is 0.341 e. The van der Waals surface area contributed by atoms with Crippen LogP contribution in [-0.4, -0.2) is 76.8 Å². The number of piperidine rings is 2. The van der Waals surface area contributed by atoms with Gasteiger partial charge in [-0.15, -0.1) is 0 Å². The molecule has 7 nitrogen and oxygen atoms in total. The molecule has 7 heteroatoms. The van der Waals surface area contributed by atoms with E-state index in [1.165, 1.54) is 4.90 Å². The molecule has 0 aliphatic carbocycles. The molecule has 0 saturated carbocycles. The first-order valence-corrected chi connectivity index (χ1v) is 10.9. The number of carbonyl (C=O) groups is 3. The molecule has 0 aromatic carbocycles. The fourth-order valence-electron chi connectivity index (χ4n) is 4.82. The Bertz CT molecular complexity index is 611. The zero-order valence-electron chi connectivity index (χ0n) is 17.9. The molecule has 0 bridgehead atoms. The molecule has 4 amide bonds. The van der Waals surface area contributed by atoms with Crippen molar-refractivity contribution >= 4 is 17.8 Å². The lowest BCUT2D eigenvalue weighted by Crippen LogP contribution is -2.56. The number of hydrogen-bond donors (Lipinski definition) is 1. The van der Waals surface area contributed by atoms with Gasteiger partial charge in [0, 0.05) is 39.1 Å². The van der Waals surface area contributed by atoms with E-state index < -0.39 is 5.54 Å². The molecule has 158 valence electrons. The highest BCUT2D eigenvalue weighted by Gasteiger charge is 2.54. The van der Waals surface area contributed by atoms with Crippen molar-refractivity contribution in [3.63, 3.8) is 0 Å². The van der Waals surface area contributed by atoms with Gasteiger partial charge in [0.1, 0.15) is 5.54 Å². The smallest absolute Gasteiger partial charge is 0.325 e. The second-order valence-electron chi connectivity index (χ2n) is 9.62. The molecule has 3 fully saturated rings. The van der Waals surface area contributed by atoms with Gasteiger partial charge in [-0.1, -0.05) is 27.7 Å². The molecule has 3 rings (SSSR count). The van der Waals surface area contributed by atoms with Crippen molar-refractivity contribution in [1.82, 2.24) is 20.0 Å². The summed E-state index contributed by atoms with van der Waals surface area (Å²) < 4.78 is 0. The topological polar surface area (TPSA) is 73.0 Å². The van der Waals surface area contributed by atoms with Gasteiger partial charge in [0.25, 0.3) is 5.91 Å². The summed E-state index contributed by atoms with van der Waals surface area (Å²) in [5.74, 6) is 0.952. The Labute approximate surface area is 168 Å². The first kappa shape index (κ1) is 21.1. The van der Waals surface area contributed by atoms with Crippen LogP contribution < -0.4 is 5.32 Å². The van der Waals surface area contributed by atoms with Crippen molar-refractivity contribution in [3.8, 4) is 0 Å². The fourth-order valence-corrected chi connectivity index (χ4v) is 4.82. The van der Waals surface area contributed by atoms with Gasteiger partial charge < -0.3 is 15.1 Å². The van der Waals surface area contributed by atoms with Crippen LogP contribution in [0.4, 0.5) is 4.79 Å². The van der Waals surface area contributed by atoms with Crippen molar-refractivity contribution in [1.29, 1.82) is 0 Å². The standard InChI is InChI=1S/C21H36N4O3/c1-15(2)12-18(26)24-9-5-6-17(14-24)25-19(27)21(22-20(25)28)7-10-23(11-8-21)13-16(3)4/h15-17H,5-14H2,1-4H3,(H,22,28). The van der Waals surface area contributed by atoms with Crippen LogP contribution in [0.25, 0.3) is 0 Å². The van der Waals surface area contributed by atoms with Crippen LogP contribution in [0.1, 0.15) is 59.8 Å². The molecule has 0 aromatic heterocycles. The highest BCUT2D eigenvalue weighted by molar-refractivity contribution is 6.07. The van der Waals surface area contributed by atoms with Crippen molar-refractivity contribution < 1.29 is 14.4 Å². The third kappa shape index (κ3) is 4.34. The summed E-state index contributed by atoms with van der Waals surface area (Å²) in [4.78, 5) is 44.2. The summed E-state index contributed by atoms with van der Waals surface area (Å²) >= 11 is 0. The Morgan fingerprint density at radius 3 is 2.39 bits per heavy atom. The van der Waals surface area contributed by atoms with Gasteiger partial charge in [-0.25, -0.2) is 4.79 Å². The minimum atomic E-state index is -0.741. The van der Waals surface area contributed by atoms with E-state index in [0.29, 0.717) is 37.6 Å². The lowest BCUT2D eigenvalue weighted by molar-refractivity contribution is -0.139. The summed E-state index contributed by atoms with van der Waals surface area (Å²) in [7, 11) is 0. The van der Waals surface area contributed by atoms with Gasteiger partial charge >= 0.3 is 6.03 Å². The maximum Gasteiger partial charge on any atom is 0.325 e. The number of carbonyl (C=O) groups excluding carboxylic acids is 3. The van der Waals surface area contributed by atoms with Crippen molar-refractivity contribution in [3.05, 3.63) is 0 Å². The lowest BCUT2D eigenvalue weighted by Gasteiger charge is -2.39. The third-order valence-electron chi connectivity index (χ3n) is 6.22. The summed E-state index contributed by atoms with van der Waals surface area (Å²) in [6.07, 6.45) is 3.47. The summed E-state index contributed by atoms with van der Waals surface area (Å²) in [5.41, 5.74) is -0.741. The summed E-state index contributed by atoms with van der Waals surface area (Å²) in [5, 5.41) is 3.02. The molecule has 1 atom stereocenters. The molecule has 1 unspecified atom stereocenters. The molecule has 0 aromatic rings. The monoisotopic (exact) mass is 392 g/mol. The average molecular weight is 393 g/mol. The molecule has 1 N–H and O–H groups in total. The van der Waals surface area contributed by atoms with Crippen LogP contribution in [0.5, 0.6) is 0 Å². The van der Waals surface area contributed by atoms with Crippen LogP contribution in [0.3, 0.4) is 0 Å². The number of imide groups is 1. The highest BCUT2D eigenvalue weighted by Crippen LogP contribution is 2.32. The predicted molar refractivity (Wildman–Crippen MR) is 108 cm³/mol. The van der Waals surface area contributed by atoms with Crippen LogP contribution in [0.2, 0.25) is 0 Å². The van der Waals surface area contributed by atoms with E-state index in [4.69, 9.17) is 0 Å². The SMILES string of the molecule is CC(C)CC(=O)N1CCCC(N2C(=O)NC3(CCN(CC(C)C)CC3)C2=O)C1. The predicted octanol–water partition coefficient (Wildman–Crippen LogP) is 2.07. The molecule has 3 saturated heterocycles. The minimum absolute atomic E-state index is 0.0788. The molecule has 3 heterocycles. The zero-order chi connectivity index (χ0) is 20.5. The number of amides is 4. The van der Waals surface area contributed by atoms with E-state index in [-0.39, 0.29) is 23.9 Å². The molecule has 1 spiro atoms. The van der Waals surface area contributed by atoms with Crippen LogP contribution in [0.15, 0.2) is 0 Å². The normalized spacial score (nSPS) is 25.9. The van der Waals surface area contributed by atoms with Gasteiger partial charge in [0.15, 0.2) is 0 Å². The first-order valence-electron chi connectivity index (χ1n) is 10.9. The molecule has 3 aliphatic heterocycles. The van der Waals surface area contributed by atoms with E-state index in [0.717, 1.165) is 39.0 Å².